The minimum atomic E-state index is -1.00. The second-order valence-corrected chi connectivity index (χ2v) is 4.63. The van der Waals surface area contributed by atoms with Crippen LogP contribution in [0, 0.1) is 0 Å². The predicted octanol–water partition coefficient (Wildman–Crippen LogP) is 0.320. The summed E-state index contributed by atoms with van der Waals surface area (Å²) in [7, 11) is 0. The molecule has 0 aliphatic carbocycles. The van der Waals surface area contributed by atoms with E-state index < -0.39 is 5.97 Å². The summed E-state index contributed by atoms with van der Waals surface area (Å²) >= 11 is 0. The van der Waals surface area contributed by atoms with Crippen molar-refractivity contribution in [3.05, 3.63) is 0 Å². The van der Waals surface area contributed by atoms with Gasteiger partial charge in [-0.2, -0.15) is 0 Å². The number of nitrogens with zero attached hydrogens (tertiary/aromatic N) is 2. The summed E-state index contributed by atoms with van der Waals surface area (Å²) in [5.74, 6) is -1.19. The van der Waals surface area contributed by atoms with Crippen LogP contribution in [0.25, 0.3) is 0 Å². The first-order valence-electron chi connectivity index (χ1n) is 6.16. The van der Waals surface area contributed by atoms with Gasteiger partial charge in [-0.15, -0.1) is 0 Å². The fourth-order valence-electron chi connectivity index (χ4n) is 2.35. The average Bonchev–Trinajstić information content (AvgIpc) is 2.50. The lowest BCUT2D eigenvalue weighted by atomic mass is 10.1. The van der Waals surface area contributed by atoms with Gasteiger partial charge in [-0.05, 0) is 19.3 Å². The zero-order valence-electron chi connectivity index (χ0n) is 10.9. The second-order valence-electron chi connectivity index (χ2n) is 4.63. The van der Waals surface area contributed by atoms with E-state index in [9.17, 15) is 14.4 Å². The average molecular weight is 256 g/mol. The molecule has 6 nitrogen and oxygen atoms in total. The molecule has 0 radical (unpaired) electrons. The Morgan fingerprint density at radius 3 is 2.39 bits per heavy atom. The van der Waals surface area contributed by atoms with E-state index in [4.69, 9.17) is 5.11 Å². The van der Waals surface area contributed by atoms with Crippen LogP contribution in [0.3, 0.4) is 0 Å². The lowest BCUT2D eigenvalue weighted by molar-refractivity contribution is -0.145. The van der Waals surface area contributed by atoms with E-state index in [2.05, 4.69) is 0 Å². The molecule has 0 spiro atoms. The summed E-state index contributed by atoms with van der Waals surface area (Å²) in [5.41, 5.74) is 0. The zero-order valence-corrected chi connectivity index (χ0v) is 10.9. The molecule has 1 aliphatic heterocycles. The van der Waals surface area contributed by atoms with E-state index in [1.807, 2.05) is 0 Å². The van der Waals surface area contributed by atoms with Crippen molar-refractivity contribution in [1.82, 2.24) is 9.80 Å². The van der Waals surface area contributed by atoms with Crippen LogP contribution in [0.15, 0.2) is 0 Å². The third kappa shape index (κ3) is 4.01. The van der Waals surface area contributed by atoms with Gasteiger partial charge < -0.3 is 14.9 Å². The van der Waals surface area contributed by atoms with Gasteiger partial charge >= 0.3 is 5.97 Å². The topological polar surface area (TPSA) is 77.9 Å². The van der Waals surface area contributed by atoms with Crippen LogP contribution in [0.5, 0.6) is 0 Å². The largest absolute Gasteiger partial charge is 0.480 e. The molecule has 1 N–H and O–H groups in total. The van der Waals surface area contributed by atoms with Crippen molar-refractivity contribution in [2.24, 2.45) is 0 Å². The maximum atomic E-state index is 11.5. The fourth-order valence-corrected chi connectivity index (χ4v) is 2.35. The molecule has 1 unspecified atom stereocenters. The molecular formula is C12H20N2O4. The van der Waals surface area contributed by atoms with E-state index in [0.29, 0.717) is 19.5 Å². The Morgan fingerprint density at radius 1 is 1.22 bits per heavy atom. The maximum Gasteiger partial charge on any atom is 0.323 e. The smallest absolute Gasteiger partial charge is 0.323 e. The third-order valence-corrected chi connectivity index (χ3v) is 3.29. The standard InChI is InChI=1S/C12H20N2O4/c1-9(15)13-6-3-4-11(5-7-13)14(10(2)16)8-12(17)18/h11H,3-8H2,1-2H3,(H,17,18). The molecule has 6 heteroatoms. The number of likely N-dealkylation sites (tertiary alicyclic amines) is 1. The van der Waals surface area contributed by atoms with Crippen molar-refractivity contribution in [2.45, 2.75) is 39.2 Å². The second kappa shape index (κ2) is 6.37. The first-order valence-corrected chi connectivity index (χ1v) is 6.16. The van der Waals surface area contributed by atoms with Gasteiger partial charge in [0.2, 0.25) is 11.8 Å². The van der Waals surface area contributed by atoms with Crippen molar-refractivity contribution in [1.29, 1.82) is 0 Å². The molecule has 2 amide bonds. The predicted molar refractivity (Wildman–Crippen MR) is 64.9 cm³/mol. The summed E-state index contributed by atoms with van der Waals surface area (Å²) in [6, 6.07) is -0.0806. The van der Waals surface area contributed by atoms with E-state index in [1.54, 1.807) is 4.90 Å². The Balaban J connectivity index is 2.66. The number of amides is 2. The number of carbonyl (C=O) groups excluding carboxylic acids is 2. The van der Waals surface area contributed by atoms with Crippen molar-refractivity contribution in [3.63, 3.8) is 0 Å². The first-order chi connectivity index (χ1) is 8.41. The van der Waals surface area contributed by atoms with E-state index in [0.717, 1.165) is 12.8 Å². The Morgan fingerprint density at radius 2 is 1.89 bits per heavy atom. The summed E-state index contributed by atoms with van der Waals surface area (Å²) in [6.07, 6.45) is 2.19. The van der Waals surface area contributed by atoms with Crippen LogP contribution in [0.2, 0.25) is 0 Å². The molecule has 18 heavy (non-hydrogen) atoms. The van der Waals surface area contributed by atoms with Crippen LogP contribution >= 0.6 is 0 Å². The summed E-state index contributed by atoms with van der Waals surface area (Å²) in [6.45, 7) is 3.92. The fraction of sp³-hybridized carbons (Fsp3) is 0.750. The monoisotopic (exact) mass is 256 g/mol. The number of rotatable bonds is 3. The maximum absolute atomic E-state index is 11.5. The van der Waals surface area contributed by atoms with Crippen molar-refractivity contribution in [2.75, 3.05) is 19.6 Å². The quantitative estimate of drug-likeness (QED) is 0.789. The Kier molecular flexibility index (Phi) is 5.12. The molecule has 0 saturated carbocycles. The molecule has 1 aliphatic rings. The molecule has 102 valence electrons. The minimum Gasteiger partial charge on any atom is -0.480 e. The first kappa shape index (κ1) is 14.5. The number of aliphatic carboxylic acids is 1. The number of carbonyl (C=O) groups is 3. The molecule has 1 fully saturated rings. The lowest BCUT2D eigenvalue weighted by Crippen LogP contribution is -2.43. The summed E-state index contributed by atoms with van der Waals surface area (Å²) < 4.78 is 0. The van der Waals surface area contributed by atoms with Crippen LogP contribution in [0.4, 0.5) is 0 Å². The summed E-state index contributed by atoms with van der Waals surface area (Å²) in [4.78, 5) is 36.7. The zero-order chi connectivity index (χ0) is 13.7. The highest BCUT2D eigenvalue weighted by molar-refractivity contribution is 5.79. The highest BCUT2D eigenvalue weighted by Crippen LogP contribution is 2.17. The van der Waals surface area contributed by atoms with Crippen LogP contribution < -0.4 is 0 Å². The van der Waals surface area contributed by atoms with Gasteiger partial charge in [-0.1, -0.05) is 0 Å². The summed E-state index contributed by atoms with van der Waals surface area (Å²) in [5, 5.41) is 8.82. The Bertz CT molecular complexity index is 343. The highest BCUT2D eigenvalue weighted by atomic mass is 16.4. The van der Waals surface area contributed by atoms with Gasteiger partial charge in [0.05, 0.1) is 0 Å². The van der Waals surface area contributed by atoms with Gasteiger partial charge in [0.15, 0.2) is 0 Å². The third-order valence-electron chi connectivity index (χ3n) is 3.29. The highest BCUT2D eigenvalue weighted by Gasteiger charge is 2.26. The Hall–Kier alpha value is -1.59. The van der Waals surface area contributed by atoms with E-state index in [-0.39, 0.29) is 24.4 Å². The van der Waals surface area contributed by atoms with Crippen molar-refractivity contribution >= 4 is 17.8 Å². The Labute approximate surface area is 107 Å². The molecule has 1 rings (SSSR count). The number of carboxylic acids is 1. The van der Waals surface area contributed by atoms with Gasteiger partial charge in [0.25, 0.3) is 0 Å². The lowest BCUT2D eigenvalue weighted by Gasteiger charge is -2.28. The molecule has 1 atom stereocenters. The van der Waals surface area contributed by atoms with Crippen molar-refractivity contribution in [3.8, 4) is 0 Å². The molecule has 0 bridgehead atoms. The molecule has 0 aromatic rings. The molecule has 1 heterocycles. The van der Waals surface area contributed by atoms with Crippen molar-refractivity contribution < 1.29 is 19.5 Å². The van der Waals surface area contributed by atoms with Gasteiger partial charge in [-0.25, -0.2) is 0 Å². The van der Waals surface area contributed by atoms with E-state index >= 15 is 0 Å². The van der Waals surface area contributed by atoms with Crippen LogP contribution in [0.1, 0.15) is 33.1 Å². The molecule has 1 saturated heterocycles. The van der Waals surface area contributed by atoms with E-state index in [1.165, 1.54) is 18.7 Å². The van der Waals surface area contributed by atoms with Crippen LogP contribution in [-0.2, 0) is 14.4 Å². The normalized spacial score (nSPS) is 20.1. The van der Waals surface area contributed by atoms with Crippen LogP contribution in [-0.4, -0.2) is 58.4 Å². The number of carboxylic acid groups (broad SMARTS) is 1. The number of hydrogen-bond donors (Lipinski definition) is 1. The molecule has 0 aromatic carbocycles. The van der Waals surface area contributed by atoms with Gasteiger partial charge in [-0.3, -0.25) is 14.4 Å². The minimum absolute atomic E-state index is 0.0308. The van der Waals surface area contributed by atoms with Gasteiger partial charge in [0, 0.05) is 33.0 Å². The van der Waals surface area contributed by atoms with Gasteiger partial charge in [0.1, 0.15) is 6.54 Å². The molecule has 0 aromatic heterocycles. The SMILES string of the molecule is CC(=O)N1CCCC(N(CC(=O)O)C(C)=O)CC1. The number of hydrogen-bond acceptors (Lipinski definition) is 3. The molecular weight excluding hydrogens is 236 g/mol.